The molecule has 0 bridgehead atoms. The zero-order valence-corrected chi connectivity index (χ0v) is 15.3. The first kappa shape index (κ1) is 17.7. The van der Waals surface area contributed by atoms with E-state index in [4.69, 9.17) is 34.7 Å². The van der Waals surface area contributed by atoms with Gasteiger partial charge in [0.1, 0.15) is 11.8 Å². The highest BCUT2D eigenvalue weighted by Gasteiger charge is 2.29. The van der Waals surface area contributed by atoms with Gasteiger partial charge in [0.05, 0.1) is 10.0 Å². The molecule has 0 saturated carbocycles. The fourth-order valence-corrected chi connectivity index (χ4v) is 3.24. The van der Waals surface area contributed by atoms with Crippen LogP contribution in [-0.4, -0.2) is 28.6 Å². The smallest absolute Gasteiger partial charge is 0.183 e. The molecular formula is C17H18Cl2N6. The number of benzene rings is 1. The van der Waals surface area contributed by atoms with Crippen LogP contribution in [0.25, 0.3) is 11.3 Å². The SMILES string of the molecule is CC1(N)CCN(c2nc(N)c(-c3cccc(Cl)c3Cl)nc2C#N)CC1. The van der Waals surface area contributed by atoms with Gasteiger partial charge in [-0.3, -0.25) is 0 Å². The Hall–Kier alpha value is -2.07. The van der Waals surface area contributed by atoms with Gasteiger partial charge in [-0.25, -0.2) is 9.97 Å². The molecule has 3 rings (SSSR count). The zero-order chi connectivity index (χ0) is 18.2. The molecule has 2 heterocycles. The fraction of sp³-hybridized carbons (Fsp3) is 0.353. The monoisotopic (exact) mass is 376 g/mol. The summed E-state index contributed by atoms with van der Waals surface area (Å²) >= 11 is 12.3. The quantitative estimate of drug-likeness (QED) is 0.833. The Balaban J connectivity index is 2.03. The van der Waals surface area contributed by atoms with Crippen molar-refractivity contribution in [1.29, 1.82) is 5.26 Å². The third-order valence-electron chi connectivity index (χ3n) is 4.42. The van der Waals surface area contributed by atoms with Crippen molar-refractivity contribution >= 4 is 34.8 Å². The molecule has 0 spiro atoms. The largest absolute Gasteiger partial charge is 0.382 e. The normalized spacial score (nSPS) is 16.5. The number of anilines is 2. The van der Waals surface area contributed by atoms with E-state index in [2.05, 4.69) is 16.0 Å². The van der Waals surface area contributed by atoms with Crippen molar-refractivity contribution in [3.63, 3.8) is 0 Å². The van der Waals surface area contributed by atoms with Crippen LogP contribution in [0.2, 0.25) is 10.0 Å². The number of nitrogen functional groups attached to an aromatic ring is 1. The van der Waals surface area contributed by atoms with Crippen LogP contribution in [0.1, 0.15) is 25.5 Å². The van der Waals surface area contributed by atoms with Gasteiger partial charge in [-0.1, -0.05) is 35.3 Å². The van der Waals surface area contributed by atoms with Crippen molar-refractivity contribution < 1.29 is 0 Å². The van der Waals surface area contributed by atoms with Crippen LogP contribution in [0.5, 0.6) is 0 Å². The maximum absolute atomic E-state index is 9.53. The summed E-state index contributed by atoms with van der Waals surface area (Å²) < 4.78 is 0. The minimum Gasteiger partial charge on any atom is -0.382 e. The topological polar surface area (TPSA) is 105 Å². The molecule has 1 aliphatic rings. The molecule has 2 aromatic rings. The predicted molar refractivity (Wildman–Crippen MR) is 101 cm³/mol. The first-order valence-electron chi connectivity index (χ1n) is 7.88. The minimum absolute atomic E-state index is 0.198. The zero-order valence-electron chi connectivity index (χ0n) is 13.8. The number of rotatable bonds is 2. The third kappa shape index (κ3) is 3.49. The van der Waals surface area contributed by atoms with Crippen LogP contribution in [0, 0.1) is 11.3 Å². The second-order valence-electron chi connectivity index (χ2n) is 6.48. The highest BCUT2D eigenvalue weighted by Crippen LogP contribution is 2.36. The van der Waals surface area contributed by atoms with Gasteiger partial charge < -0.3 is 16.4 Å². The first-order valence-corrected chi connectivity index (χ1v) is 8.64. The lowest BCUT2D eigenvalue weighted by molar-refractivity contribution is 0.363. The number of hydrogen-bond acceptors (Lipinski definition) is 6. The highest BCUT2D eigenvalue weighted by molar-refractivity contribution is 6.43. The summed E-state index contributed by atoms with van der Waals surface area (Å²) in [5.41, 5.74) is 13.2. The summed E-state index contributed by atoms with van der Waals surface area (Å²) in [4.78, 5) is 10.8. The molecule has 6 nitrogen and oxygen atoms in total. The van der Waals surface area contributed by atoms with E-state index in [-0.39, 0.29) is 17.1 Å². The van der Waals surface area contributed by atoms with E-state index in [1.807, 2.05) is 11.8 Å². The lowest BCUT2D eigenvalue weighted by atomic mass is 9.91. The molecule has 1 fully saturated rings. The number of hydrogen-bond donors (Lipinski definition) is 2. The molecule has 1 aromatic carbocycles. The fourth-order valence-electron chi connectivity index (χ4n) is 2.85. The summed E-state index contributed by atoms with van der Waals surface area (Å²) in [5.74, 6) is 0.691. The summed E-state index contributed by atoms with van der Waals surface area (Å²) in [6.45, 7) is 3.43. The van der Waals surface area contributed by atoms with E-state index < -0.39 is 0 Å². The van der Waals surface area contributed by atoms with Crippen LogP contribution in [0.3, 0.4) is 0 Å². The summed E-state index contributed by atoms with van der Waals surface area (Å²) in [5, 5.41) is 10.3. The molecule has 0 atom stereocenters. The summed E-state index contributed by atoms with van der Waals surface area (Å²) in [6.07, 6.45) is 1.61. The van der Waals surface area contributed by atoms with E-state index in [0.29, 0.717) is 40.2 Å². The van der Waals surface area contributed by atoms with Gasteiger partial charge in [0, 0.05) is 24.2 Å². The first-order chi connectivity index (χ1) is 11.8. The Morgan fingerprint density at radius 3 is 2.56 bits per heavy atom. The Labute approximate surface area is 156 Å². The van der Waals surface area contributed by atoms with Crippen molar-refractivity contribution in [3.8, 4) is 17.3 Å². The molecule has 130 valence electrons. The summed E-state index contributed by atoms with van der Waals surface area (Å²) in [6, 6.07) is 7.28. The number of nitrogens with two attached hydrogens (primary N) is 2. The van der Waals surface area contributed by atoms with Gasteiger partial charge in [0.25, 0.3) is 0 Å². The predicted octanol–water partition coefficient (Wildman–Crippen LogP) is 3.22. The standard InChI is InChI=1S/C17H18Cl2N6/c1-17(22)5-7-25(8-6-17)16-12(9-20)23-14(15(21)24-16)10-3-2-4-11(18)13(10)19/h2-4H,5-8,22H2,1H3,(H2,21,24). The van der Waals surface area contributed by atoms with E-state index in [1.54, 1.807) is 18.2 Å². The molecule has 0 unspecified atom stereocenters. The van der Waals surface area contributed by atoms with Crippen molar-refractivity contribution in [2.24, 2.45) is 5.73 Å². The van der Waals surface area contributed by atoms with Gasteiger partial charge in [-0.15, -0.1) is 0 Å². The Bertz CT molecular complexity index is 849. The van der Waals surface area contributed by atoms with Crippen LogP contribution in [-0.2, 0) is 0 Å². The molecule has 0 radical (unpaired) electrons. The molecule has 1 aromatic heterocycles. The van der Waals surface area contributed by atoms with Crippen LogP contribution >= 0.6 is 23.2 Å². The van der Waals surface area contributed by atoms with Gasteiger partial charge in [0.15, 0.2) is 17.3 Å². The molecule has 25 heavy (non-hydrogen) atoms. The second-order valence-corrected chi connectivity index (χ2v) is 7.27. The average Bonchev–Trinajstić information content (AvgIpc) is 2.57. The molecular weight excluding hydrogens is 359 g/mol. The number of halogens is 2. The van der Waals surface area contributed by atoms with E-state index >= 15 is 0 Å². The number of piperidine rings is 1. The van der Waals surface area contributed by atoms with E-state index in [1.165, 1.54) is 0 Å². The molecule has 0 aliphatic carbocycles. The summed E-state index contributed by atoms with van der Waals surface area (Å²) in [7, 11) is 0. The van der Waals surface area contributed by atoms with Crippen molar-refractivity contribution in [3.05, 3.63) is 33.9 Å². The molecule has 1 saturated heterocycles. The van der Waals surface area contributed by atoms with Crippen LogP contribution < -0.4 is 16.4 Å². The maximum atomic E-state index is 9.53. The lowest BCUT2D eigenvalue weighted by Gasteiger charge is -2.37. The van der Waals surface area contributed by atoms with Crippen molar-refractivity contribution in [2.45, 2.75) is 25.3 Å². The molecule has 1 aliphatic heterocycles. The molecule has 0 amide bonds. The van der Waals surface area contributed by atoms with Crippen molar-refractivity contribution in [1.82, 2.24) is 9.97 Å². The molecule has 4 N–H and O–H groups in total. The Morgan fingerprint density at radius 1 is 1.24 bits per heavy atom. The van der Waals surface area contributed by atoms with Crippen molar-refractivity contribution in [2.75, 3.05) is 23.7 Å². The highest BCUT2D eigenvalue weighted by atomic mass is 35.5. The van der Waals surface area contributed by atoms with Crippen LogP contribution in [0.15, 0.2) is 18.2 Å². The average molecular weight is 377 g/mol. The van der Waals surface area contributed by atoms with Gasteiger partial charge in [-0.05, 0) is 25.8 Å². The van der Waals surface area contributed by atoms with Gasteiger partial charge >= 0.3 is 0 Å². The van der Waals surface area contributed by atoms with E-state index in [9.17, 15) is 5.26 Å². The van der Waals surface area contributed by atoms with Crippen LogP contribution in [0.4, 0.5) is 11.6 Å². The minimum atomic E-state index is -0.198. The lowest BCUT2D eigenvalue weighted by Crippen LogP contribution is -2.48. The molecule has 8 heteroatoms. The third-order valence-corrected chi connectivity index (χ3v) is 5.24. The number of aromatic nitrogens is 2. The van der Waals surface area contributed by atoms with Gasteiger partial charge in [0.2, 0.25) is 0 Å². The van der Waals surface area contributed by atoms with Gasteiger partial charge in [-0.2, -0.15) is 5.26 Å². The Kier molecular flexibility index (Phi) is 4.74. The maximum Gasteiger partial charge on any atom is 0.183 e. The number of nitrogens with zero attached hydrogens (tertiary/aromatic N) is 4. The second kappa shape index (κ2) is 6.68. The number of nitriles is 1. The van der Waals surface area contributed by atoms with E-state index in [0.717, 1.165) is 12.8 Å². The Morgan fingerprint density at radius 2 is 1.92 bits per heavy atom.